The minimum atomic E-state index is 0.0578. The Labute approximate surface area is 160 Å². The highest BCUT2D eigenvalue weighted by molar-refractivity contribution is 9.10. The summed E-state index contributed by atoms with van der Waals surface area (Å²) in [6.45, 7) is 0. The second-order valence-corrected chi connectivity index (χ2v) is 6.33. The van der Waals surface area contributed by atoms with Gasteiger partial charge in [-0.25, -0.2) is 0 Å². The number of aromatic hydroxyl groups is 1. The number of phenols is 1. The molecule has 0 spiro atoms. The number of nitrogens with zero attached hydrogens (tertiary/aromatic N) is 2. The van der Waals surface area contributed by atoms with E-state index in [-0.39, 0.29) is 5.75 Å². The van der Waals surface area contributed by atoms with Gasteiger partial charge in [-0.2, -0.15) is 5.10 Å². The molecule has 0 aliphatic rings. The lowest BCUT2D eigenvalue weighted by Gasteiger charge is -2.06. The van der Waals surface area contributed by atoms with Crippen molar-refractivity contribution in [3.8, 4) is 11.5 Å². The molecule has 0 radical (unpaired) electrons. The quantitative estimate of drug-likeness (QED) is 0.475. The predicted octanol–water partition coefficient (Wildman–Crippen LogP) is 5.03. The van der Waals surface area contributed by atoms with Gasteiger partial charge in [-0.1, -0.05) is 60.7 Å². The molecule has 0 aliphatic carbocycles. The van der Waals surface area contributed by atoms with Crippen LogP contribution >= 0.6 is 15.9 Å². The predicted molar refractivity (Wildman–Crippen MR) is 108 cm³/mol. The second-order valence-electron chi connectivity index (χ2n) is 5.48. The van der Waals surface area contributed by atoms with Crippen molar-refractivity contribution in [2.45, 2.75) is 0 Å². The number of ether oxygens (including phenoxy) is 1. The van der Waals surface area contributed by atoms with E-state index in [1.54, 1.807) is 18.3 Å². The van der Waals surface area contributed by atoms with Crippen molar-refractivity contribution >= 4 is 27.9 Å². The first-order valence-electron chi connectivity index (χ1n) is 7.97. The van der Waals surface area contributed by atoms with Crippen LogP contribution in [0.15, 0.2) is 87.5 Å². The number of benzene rings is 3. The molecule has 130 valence electrons. The molecule has 0 amide bonds. The number of hydrogen-bond donors (Lipinski definition) is 1. The molecule has 0 saturated heterocycles. The molecule has 0 unspecified atom stereocenters. The van der Waals surface area contributed by atoms with Crippen molar-refractivity contribution in [2.24, 2.45) is 10.2 Å². The molecule has 0 heterocycles. The summed E-state index contributed by atoms with van der Waals surface area (Å²) in [7, 11) is 1.50. The van der Waals surface area contributed by atoms with E-state index in [1.807, 2.05) is 60.7 Å². The van der Waals surface area contributed by atoms with Crippen LogP contribution in [0.3, 0.4) is 0 Å². The van der Waals surface area contributed by atoms with E-state index in [1.165, 1.54) is 7.11 Å². The SMILES string of the molecule is COc1cc(C=NN=C(c2ccccc2)c2ccccc2)cc(Br)c1O. The molecule has 5 heteroatoms. The summed E-state index contributed by atoms with van der Waals surface area (Å²) in [5, 5.41) is 18.6. The summed E-state index contributed by atoms with van der Waals surface area (Å²) < 4.78 is 5.69. The molecular weight excluding hydrogens is 392 g/mol. The number of halogens is 1. The first-order chi connectivity index (χ1) is 12.7. The molecule has 0 saturated carbocycles. The average Bonchev–Trinajstić information content (AvgIpc) is 2.69. The summed E-state index contributed by atoms with van der Waals surface area (Å²) in [5.74, 6) is 0.429. The first-order valence-corrected chi connectivity index (χ1v) is 8.76. The zero-order valence-electron chi connectivity index (χ0n) is 14.1. The van der Waals surface area contributed by atoms with Gasteiger partial charge in [-0.3, -0.25) is 0 Å². The third-order valence-electron chi connectivity index (χ3n) is 3.73. The van der Waals surface area contributed by atoms with Gasteiger partial charge in [-0.15, -0.1) is 5.10 Å². The molecule has 1 N–H and O–H groups in total. The summed E-state index contributed by atoms with van der Waals surface area (Å²) in [4.78, 5) is 0. The van der Waals surface area contributed by atoms with Crippen molar-refractivity contribution in [3.05, 3.63) is 94.0 Å². The highest BCUT2D eigenvalue weighted by Gasteiger charge is 2.08. The lowest BCUT2D eigenvalue weighted by Crippen LogP contribution is -2.02. The fraction of sp³-hybridized carbons (Fsp3) is 0.0476. The lowest BCUT2D eigenvalue weighted by atomic mass is 10.0. The number of phenolic OH excluding ortho intramolecular Hbond substituents is 1. The van der Waals surface area contributed by atoms with Crippen LogP contribution in [-0.4, -0.2) is 24.1 Å². The molecule has 0 aliphatic heterocycles. The van der Waals surface area contributed by atoms with Gasteiger partial charge >= 0.3 is 0 Å². The monoisotopic (exact) mass is 408 g/mol. The third-order valence-corrected chi connectivity index (χ3v) is 4.33. The molecule has 0 aromatic heterocycles. The van der Waals surface area contributed by atoms with Gasteiger partial charge in [0, 0.05) is 11.1 Å². The Bertz CT molecular complexity index is 897. The Balaban J connectivity index is 1.97. The van der Waals surface area contributed by atoms with Gasteiger partial charge in [0.25, 0.3) is 0 Å². The molecule has 3 aromatic rings. The minimum Gasteiger partial charge on any atom is -0.503 e. The van der Waals surface area contributed by atoms with Gasteiger partial charge in [0.2, 0.25) is 0 Å². The van der Waals surface area contributed by atoms with E-state index in [2.05, 4.69) is 26.1 Å². The van der Waals surface area contributed by atoms with Crippen molar-refractivity contribution in [3.63, 3.8) is 0 Å². The van der Waals surface area contributed by atoms with Crippen molar-refractivity contribution in [2.75, 3.05) is 7.11 Å². The minimum absolute atomic E-state index is 0.0578. The standard InChI is InChI=1S/C21H17BrN2O2/c1-26-19-13-15(12-18(22)21(19)25)14-23-24-20(16-8-4-2-5-9-16)17-10-6-3-7-11-17/h2-14,25H,1H3. The Morgan fingerprint density at radius 2 is 1.54 bits per heavy atom. The van der Waals surface area contributed by atoms with Gasteiger partial charge in [0.15, 0.2) is 11.5 Å². The zero-order valence-corrected chi connectivity index (χ0v) is 15.7. The van der Waals surface area contributed by atoms with E-state index in [0.717, 1.165) is 22.4 Å². The van der Waals surface area contributed by atoms with E-state index < -0.39 is 0 Å². The van der Waals surface area contributed by atoms with Crippen LogP contribution in [0.25, 0.3) is 0 Å². The Morgan fingerprint density at radius 3 is 2.08 bits per heavy atom. The lowest BCUT2D eigenvalue weighted by molar-refractivity contribution is 0.372. The summed E-state index contributed by atoms with van der Waals surface area (Å²) >= 11 is 3.30. The van der Waals surface area contributed by atoms with Crippen molar-refractivity contribution in [1.29, 1.82) is 0 Å². The van der Waals surface area contributed by atoms with E-state index in [0.29, 0.717) is 10.2 Å². The molecular formula is C21H17BrN2O2. The molecule has 4 nitrogen and oxygen atoms in total. The van der Waals surface area contributed by atoms with Gasteiger partial charge in [-0.05, 0) is 33.6 Å². The van der Waals surface area contributed by atoms with Crippen LogP contribution in [0.2, 0.25) is 0 Å². The van der Waals surface area contributed by atoms with Crippen LogP contribution in [0, 0.1) is 0 Å². The molecule has 3 rings (SSSR count). The molecule has 26 heavy (non-hydrogen) atoms. The molecule has 0 atom stereocenters. The maximum Gasteiger partial charge on any atom is 0.172 e. The average molecular weight is 409 g/mol. The van der Waals surface area contributed by atoms with Crippen LogP contribution in [0.4, 0.5) is 0 Å². The third kappa shape index (κ3) is 4.18. The van der Waals surface area contributed by atoms with Crippen molar-refractivity contribution in [1.82, 2.24) is 0 Å². The van der Waals surface area contributed by atoms with E-state index in [4.69, 9.17) is 4.74 Å². The van der Waals surface area contributed by atoms with Crippen LogP contribution in [-0.2, 0) is 0 Å². The fourth-order valence-electron chi connectivity index (χ4n) is 2.45. The summed E-state index contributed by atoms with van der Waals surface area (Å²) in [6, 6.07) is 23.3. The number of rotatable bonds is 5. The highest BCUT2D eigenvalue weighted by atomic mass is 79.9. The largest absolute Gasteiger partial charge is 0.503 e. The van der Waals surface area contributed by atoms with Crippen molar-refractivity contribution < 1.29 is 9.84 Å². The second kappa shape index (κ2) is 8.45. The topological polar surface area (TPSA) is 54.2 Å². The normalized spacial score (nSPS) is 10.7. The summed E-state index contributed by atoms with van der Waals surface area (Å²) in [6.07, 6.45) is 1.62. The van der Waals surface area contributed by atoms with Gasteiger partial charge in [0.1, 0.15) is 5.71 Å². The van der Waals surface area contributed by atoms with E-state index >= 15 is 0 Å². The van der Waals surface area contributed by atoms with E-state index in [9.17, 15) is 5.11 Å². The molecule has 0 fully saturated rings. The Kier molecular flexibility index (Phi) is 5.81. The Morgan fingerprint density at radius 1 is 0.962 bits per heavy atom. The number of methoxy groups -OCH3 is 1. The van der Waals surface area contributed by atoms with Crippen LogP contribution in [0.5, 0.6) is 11.5 Å². The highest BCUT2D eigenvalue weighted by Crippen LogP contribution is 2.34. The first kappa shape index (κ1) is 17.9. The number of hydrogen-bond acceptors (Lipinski definition) is 4. The van der Waals surface area contributed by atoms with Gasteiger partial charge < -0.3 is 9.84 Å². The molecule has 0 bridgehead atoms. The zero-order chi connectivity index (χ0) is 18.4. The molecule has 3 aromatic carbocycles. The maximum absolute atomic E-state index is 9.89. The van der Waals surface area contributed by atoms with Crippen LogP contribution in [0.1, 0.15) is 16.7 Å². The van der Waals surface area contributed by atoms with Crippen LogP contribution < -0.4 is 4.74 Å². The fourth-order valence-corrected chi connectivity index (χ4v) is 2.91. The summed E-state index contributed by atoms with van der Waals surface area (Å²) in [5.41, 5.74) is 3.52. The van der Waals surface area contributed by atoms with Gasteiger partial charge in [0.05, 0.1) is 17.8 Å². The Hall–Kier alpha value is -2.92. The smallest absolute Gasteiger partial charge is 0.172 e. The maximum atomic E-state index is 9.89.